The molecule has 0 saturated heterocycles. The first-order valence-corrected chi connectivity index (χ1v) is 7.71. The van der Waals surface area contributed by atoms with E-state index in [1.54, 1.807) is 17.4 Å². The molecular weight excluding hydrogens is 289 g/mol. The SMILES string of the molecule is Cc1nc(C(C)Nc2cc3c(cc2F)CCC(=O)N3)cs1. The normalized spacial score (nSPS) is 15.3. The number of benzene rings is 1. The van der Waals surface area contributed by atoms with Gasteiger partial charge in [-0.05, 0) is 38.0 Å². The number of rotatable bonds is 3. The van der Waals surface area contributed by atoms with Crippen molar-refractivity contribution in [3.8, 4) is 0 Å². The van der Waals surface area contributed by atoms with Crippen LogP contribution in [0.3, 0.4) is 0 Å². The third-order valence-electron chi connectivity index (χ3n) is 3.54. The van der Waals surface area contributed by atoms with Gasteiger partial charge in [-0.25, -0.2) is 9.37 Å². The standard InChI is InChI=1S/C15H16FN3OS/c1-8(14-7-21-9(2)18-14)17-13-6-12-10(5-11(13)16)3-4-15(20)19-12/h5-8,17H,3-4H2,1-2H3,(H,19,20). The predicted octanol–water partition coefficient (Wildman–Crippen LogP) is 3.65. The van der Waals surface area contributed by atoms with Gasteiger partial charge < -0.3 is 10.6 Å². The van der Waals surface area contributed by atoms with Gasteiger partial charge in [0.2, 0.25) is 5.91 Å². The fraction of sp³-hybridized carbons (Fsp3) is 0.333. The van der Waals surface area contributed by atoms with Crippen molar-refractivity contribution in [2.45, 2.75) is 32.7 Å². The summed E-state index contributed by atoms with van der Waals surface area (Å²) in [4.78, 5) is 15.8. The van der Waals surface area contributed by atoms with Crippen LogP contribution >= 0.6 is 11.3 Å². The molecule has 4 nitrogen and oxygen atoms in total. The van der Waals surface area contributed by atoms with E-state index in [1.807, 2.05) is 19.2 Å². The summed E-state index contributed by atoms with van der Waals surface area (Å²) in [6.45, 7) is 3.88. The van der Waals surface area contributed by atoms with Crippen molar-refractivity contribution < 1.29 is 9.18 Å². The lowest BCUT2D eigenvalue weighted by Gasteiger charge is -2.20. The molecule has 6 heteroatoms. The summed E-state index contributed by atoms with van der Waals surface area (Å²) in [5.41, 5.74) is 2.80. The van der Waals surface area contributed by atoms with Gasteiger partial charge in [0.1, 0.15) is 5.82 Å². The van der Waals surface area contributed by atoms with Gasteiger partial charge in [-0.2, -0.15) is 0 Å². The number of aryl methyl sites for hydroxylation is 2. The Labute approximate surface area is 126 Å². The van der Waals surface area contributed by atoms with E-state index < -0.39 is 0 Å². The fourth-order valence-corrected chi connectivity index (χ4v) is 3.10. The number of hydrogen-bond donors (Lipinski definition) is 2. The molecule has 2 N–H and O–H groups in total. The summed E-state index contributed by atoms with van der Waals surface area (Å²) < 4.78 is 14.2. The molecule has 0 bridgehead atoms. The summed E-state index contributed by atoms with van der Waals surface area (Å²) in [5, 5.41) is 8.85. The molecule has 0 radical (unpaired) electrons. The number of hydrogen-bond acceptors (Lipinski definition) is 4. The van der Waals surface area contributed by atoms with Gasteiger partial charge in [-0.1, -0.05) is 0 Å². The van der Waals surface area contributed by atoms with Gasteiger partial charge in [0.05, 0.1) is 22.4 Å². The highest BCUT2D eigenvalue weighted by molar-refractivity contribution is 7.09. The number of fused-ring (bicyclic) bond motifs is 1. The summed E-state index contributed by atoms with van der Waals surface area (Å²) in [7, 11) is 0. The quantitative estimate of drug-likeness (QED) is 0.910. The van der Waals surface area contributed by atoms with Gasteiger partial charge in [0, 0.05) is 17.5 Å². The molecule has 2 aromatic rings. The van der Waals surface area contributed by atoms with Crippen LogP contribution in [0.15, 0.2) is 17.5 Å². The third kappa shape index (κ3) is 2.90. The Morgan fingerprint density at radius 1 is 1.43 bits per heavy atom. The lowest BCUT2D eigenvalue weighted by atomic mass is 10.0. The first-order valence-electron chi connectivity index (χ1n) is 6.84. The molecule has 1 aromatic heterocycles. The molecule has 1 aromatic carbocycles. The maximum atomic E-state index is 14.2. The van der Waals surface area contributed by atoms with Crippen LogP contribution in [-0.2, 0) is 11.2 Å². The zero-order valence-corrected chi connectivity index (χ0v) is 12.7. The Balaban J connectivity index is 1.85. The number of amides is 1. The number of anilines is 2. The van der Waals surface area contributed by atoms with E-state index in [2.05, 4.69) is 15.6 Å². The molecule has 1 aliphatic rings. The molecule has 0 fully saturated rings. The number of nitrogens with zero attached hydrogens (tertiary/aromatic N) is 1. The molecule has 110 valence electrons. The molecular formula is C15H16FN3OS. The minimum absolute atomic E-state index is 0.0248. The molecule has 1 atom stereocenters. The number of aromatic nitrogens is 1. The van der Waals surface area contributed by atoms with Crippen LogP contribution in [0.25, 0.3) is 0 Å². The smallest absolute Gasteiger partial charge is 0.224 e. The topological polar surface area (TPSA) is 54.0 Å². The monoisotopic (exact) mass is 305 g/mol. The summed E-state index contributed by atoms with van der Waals surface area (Å²) in [6, 6.07) is 3.06. The van der Waals surface area contributed by atoms with Crippen molar-refractivity contribution in [3.05, 3.63) is 39.6 Å². The summed E-state index contributed by atoms with van der Waals surface area (Å²) in [5.74, 6) is -0.327. The largest absolute Gasteiger partial charge is 0.374 e. The Bertz CT molecular complexity index is 698. The molecule has 3 rings (SSSR count). The van der Waals surface area contributed by atoms with Crippen molar-refractivity contribution in [2.24, 2.45) is 0 Å². The maximum absolute atomic E-state index is 14.2. The predicted molar refractivity (Wildman–Crippen MR) is 82.2 cm³/mol. The number of carbonyl (C=O) groups excluding carboxylic acids is 1. The number of nitrogens with one attached hydrogen (secondary N) is 2. The van der Waals surface area contributed by atoms with Crippen LogP contribution in [0.2, 0.25) is 0 Å². The average Bonchev–Trinajstić information content (AvgIpc) is 2.87. The van der Waals surface area contributed by atoms with Crippen LogP contribution in [0.1, 0.15) is 35.7 Å². The van der Waals surface area contributed by atoms with E-state index in [4.69, 9.17) is 0 Å². The first kappa shape index (κ1) is 14.0. The molecule has 0 aliphatic carbocycles. The van der Waals surface area contributed by atoms with Crippen LogP contribution < -0.4 is 10.6 Å². The van der Waals surface area contributed by atoms with E-state index in [9.17, 15) is 9.18 Å². The number of halogens is 1. The molecule has 1 aliphatic heterocycles. The molecule has 0 spiro atoms. The van der Waals surface area contributed by atoms with E-state index in [1.165, 1.54) is 6.07 Å². The van der Waals surface area contributed by atoms with Crippen molar-refractivity contribution in [1.29, 1.82) is 0 Å². The molecule has 0 saturated carbocycles. The maximum Gasteiger partial charge on any atom is 0.224 e. The number of thiazole rings is 1. The zero-order valence-electron chi connectivity index (χ0n) is 11.9. The van der Waals surface area contributed by atoms with Crippen molar-refractivity contribution >= 4 is 28.6 Å². The average molecular weight is 305 g/mol. The van der Waals surface area contributed by atoms with E-state index in [0.717, 1.165) is 16.3 Å². The van der Waals surface area contributed by atoms with Gasteiger partial charge in [-0.3, -0.25) is 4.79 Å². The van der Waals surface area contributed by atoms with Gasteiger partial charge in [0.15, 0.2) is 0 Å². The van der Waals surface area contributed by atoms with Crippen molar-refractivity contribution in [3.63, 3.8) is 0 Å². The fourth-order valence-electron chi connectivity index (χ4n) is 2.40. The highest BCUT2D eigenvalue weighted by Gasteiger charge is 2.19. The lowest BCUT2D eigenvalue weighted by Crippen LogP contribution is -2.19. The minimum atomic E-state index is -0.302. The van der Waals surface area contributed by atoms with Crippen LogP contribution in [0, 0.1) is 12.7 Å². The zero-order chi connectivity index (χ0) is 15.0. The van der Waals surface area contributed by atoms with Gasteiger partial charge in [0.25, 0.3) is 0 Å². The highest BCUT2D eigenvalue weighted by Crippen LogP contribution is 2.30. The van der Waals surface area contributed by atoms with Crippen molar-refractivity contribution in [1.82, 2.24) is 4.98 Å². The first-order chi connectivity index (χ1) is 10.0. The molecule has 2 heterocycles. The van der Waals surface area contributed by atoms with E-state index in [-0.39, 0.29) is 17.8 Å². The molecule has 21 heavy (non-hydrogen) atoms. The van der Waals surface area contributed by atoms with Crippen LogP contribution in [0.5, 0.6) is 0 Å². The highest BCUT2D eigenvalue weighted by atomic mass is 32.1. The molecule has 1 amide bonds. The van der Waals surface area contributed by atoms with Crippen molar-refractivity contribution in [2.75, 3.05) is 10.6 Å². The second-order valence-corrected chi connectivity index (χ2v) is 6.26. The molecule has 1 unspecified atom stereocenters. The second kappa shape index (κ2) is 5.44. The third-order valence-corrected chi connectivity index (χ3v) is 4.33. The Morgan fingerprint density at radius 3 is 2.95 bits per heavy atom. The van der Waals surface area contributed by atoms with Gasteiger partial charge >= 0.3 is 0 Å². The van der Waals surface area contributed by atoms with E-state index in [0.29, 0.717) is 24.2 Å². The van der Waals surface area contributed by atoms with Crippen LogP contribution in [-0.4, -0.2) is 10.9 Å². The van der Waals surface area contributed by atoms with Crippen LogP contribution in [0.4, 0.5) is 15.8 Å². The Kier molecular flexibility index (Phi) is 3.63. The Hall–Kier alpha value is -1.95. The summed E-state index contributed by atoms with van der Waals surface area (Å²) in [6.07, 6.45) is 0.993. The summed E-state index contributed by atoms with van der Waals surface area (Å²) >= 11 is 1.57. The van der Waals surface area contributed by atoms with Gasteiger partial charge in [-0.15, -0.1) is 11.3 Å². The number of carbonyl (C=O) groups is 1. The Morgan fingerprint density at radius 2 is 2.24 bits per heavy atom. The minimum Gasteiger partial charge on any atom is -0.374 e. The van der Waals surface area contributed by atoms with E-state index >= 15 is 0 Å². The lowest BCUT2D eigenvalue weighted by molar-refractivity contribution is -0.116. The second-order valence-electron chi connectivity index (χ2n) is 5.19.